The molecule has 19 heavy (non-hydrogen) atoms. The summed E-state index contributed by atoms with van der Waals surface area (Å²) >= 11 is 11.5. The molecule has 0 bridgehead atoms. The monoisotopic (exact) mass is 296 g/mol. The summed E-state index contributed by atoms with van der Waals surface area (Å²) in [6.07, 6.45) is 1.32. The quantitative estimate of drug-likeness (QED) is 0.819. The van der Waals surface area contributed by atoms with E-state index in [-0.39, 0.29) is 22.4 Å². The number of hydrogen-bond donors (Lipinski definition) is 0. The zero-order valence-corrected chi connectivity index (χ0v) is 11.6. The summed E-state index contributed by atoms with van der Waals surface area (Å²) in [6, 6.07) is 7.01. The molecular formula is C13H10Cl2N2O2. The SMILES string of the molecule is CC(=O)c1cccc(Cn2ncc(Cl)c(Cl)c2=O)c1. The van der Waals surface area contributed by atoms with Gasteiger partial charge in [0.15, 0.2) is 5.78 Å². The predicted molar refractivity (Wildman–Crippen MR) is 74.1 cm³/mol. The fourth-order valence-electron chi connectivity index (χ4n) is 1.62. The van der Waals surface area contributed by atoms with Crippen molar-refractivity contribution in [1.82, 2.24) is 9.78 Å². The lowest BCUT2D eigenvalue weighted by molar-refractivity contribution is 0.101. The van der Waals surface area contributed by atoms with Crippen LogP contribution in [-0.4, -0.2) is 15.6 Å². The maximum absolute atomic E-state index is 11.8. The number of carbonyl (C=O) groups is 1. The highest BCUT2D eigenvalue weighted by Crippen LogP contribution is 2.15. The van der Waals surface area contributed by atoms with Gasteiger partial charge in [-0.3, -0.25) is 9.59 Å². The van der Waals surface area contributed by atoms with E-state index in [1.54, 1.807) is 18.2 Å². The van der Waals surface area contributed by atoms with Crippen LogP contribution in [0.3, 0.4) is 0 Å². The largest absolute Gasteiger partial charge is 0.295 e. The van der Waals surface area contributed by atoms with Crippen molar-refractivity contribution in [2.24, 2.45) is 0 Å². The third-order valence-corrected chi connectivity index (χ3v) is 3.36. The van der Waals surface area contributed by atoms with E-state index in [9.17, 15) is 9.59 Å². The molecule has 0 aliphatic heterocycles. The third kappa shape index (κ3) is 3.03. The van der Waals surface area contributed by atoms with E-state index in [0.717, 1.165) is 5.56 Å². The van der Waals surface area contributed by atoms with Crippen LogP contribution >= 0.6 is 23.2 Å². The van der Waals surface area contributed by atoms with E-state index in [4.69, 9.17) is 23.2 Å². The fraction of sp³-hybridized carbons (Fsp3) is 0.154. The molecule has 0 atom stereocenters. The molecule has 1 aromatic heterocycles. The maximum Gasteiger partial charge on any atom is 0.287 e. The Labute approximate surface area is 119 Å². The minimum atomic E-state index is -0.456. The van der Waals surface area contributed by atoms with Crippen molar-refractivity contribution in [2.45, 2.75) is 13.5 Å². The van der Waals surface area contributed by atoms with E-state index in [0.29, 0.717) is 5.56 Å². The van der Waals surface area contributed by atoms with Gasteiger partial charge in [0, 0.05) is 5.56 Å². The number of nitrogens with zero attached hydrogens (tertiary/aromatic N) is 2. The summed E-state index contributed by atoms with van der Waals surface area (Å²) < 4.78 is 1.20. The van der Waals surface area contributed by atoms with Crippen molar-refractivity contribution >= 4 is 29.0 Å². The Bertz CT molecular complexity index is 695. The van der Waals surface area contributed by atoms with Gasteiger partial charge >= 0.3 is 0 Å². The molecule has 2 rings (SSSR count). The summed E-state index contributed by atoms with van der Waals surface area (Å²) in [5.74, 6) is -0.0312. The van der Waals surface area contributed by atoms with Crippen LogP contribution in [0.4, 0.5) is 0 Å². The summed E-state index contributed by atoms with van der Waals surface area (Å²) in [6.45, 7) is 1.72. The zero-order valence-electron chi connectivity index (χ0n) is 10.1. The summed E-state index contributed by atoms with van der Waals surface area (Å²) in [5, 5.41) is 3.98. The Hall–Kier alpha value is -1.65. The van der Waals surface area contributed by atoms with Crippen LogP contribution in [0.2, 0.25) is 10.0 Å². The summed E-state index contributed by atoms with van der Waals surface area (Å²) in [4.78, 5) is 23.1. The highest BCUT2D eigenvalue weighted by atomic mass is 35.5. The number of carbonyl (C=O) groups excluding carboxylic acids is 1. The first-order valence-electron chi connectivity index (χ1n) is 5.50. The lowest BCUT2D eigenvalue weighted by Gasteiger charge is -2.06. The van der Waals surface area contributed by atoms with Gasteiger partial charge in [-0.05, 0) is 18.6 Å². The van der Waals surface area contributed by atoms with Gasteiger partial charge in [-0.1, -0.05) is 41.4 Å². The molecule has 0 spiro atoms. The second-order valence-electron chi connectivity index (χ2n) is 4.03. The van der Waals surface area contributed by atoms with Gasteiger partial charge in [-0.25, -0.2) is 4.68 Å². The van der Waals surface area contributed by atoms with Crippen LogP contribution in [0.5, 0.6) is 0 Å². The molecular weight excluding hydrogens is 287 g/mol. The van der Waals surface area contributed by atoms with Crippen molar-refractivity contribution < 1.29 is 4.79 Å². The number of benzene rings is 1. The summed E-state index contributed by atoms with van der Waals surface area (Å²) in [7, 11) is 0. The molecule has 0 saturated heterocycles. The second-order valence-corrected chi connectivity index (χ2v) is 4.81. The lowest BCUT2D eigenvalue weighted by atomic mass is 10.1. The number of Topliss-reactive ketones (excluding diaryl/α,β-unsaturated/α-hetero) is 1. The fourth-order valence-corrected chi connectivity index (χ4v) is 1.89. The number of rotatable bonds is 3. The van der Waals surface area contributed by atoms with E-state index < -0.39 is 5.56 Å². The van der Waals surface area contributed by atoms with Gasteiger partial charge in [0.25, 0.3) is 5.56 Å². The molecule has 0 N–H and O–H groups in total. The lowest BCUT2D eigenvalue weighted by Crippen LogP contribution is -2.23. The molecule has 6 heteroatoms. The molecule has 0 unspecified atom stereocenters. The number of halogens is 2. The molecule has 4 nitrogen and oxygen atoms in total. The van der Waals surface area contributed by atoms with Gasteiger partial charge in [0.05, 0.1) is 17.8 Å². The topological polar surface area (TPSA) is 52.0 Å². The van der Waals surface area contributed by atoms with Crippen LogP contribution < -0.4 is 5.56 Å². The number of aromatic nitrogens is 2. The molecule has 98 valence electrons. The van der Waals surface area contributed by atoms with E-state index in [1.807, 2.05) is 6.07 Å². The smallest absolute Gasteiger partial charge is 0.287 e. The van der Waals surface area contributed by atoms with Gasteiger partial charge in [0.1, 0.15) is 5.02 Å². The van der Waals surface area contributed by atoms with Crippen LogP contribution in [0.15, 0.2) is 35.3 Å². The normalized spacial score (nSPS) is 10.5. The minimum Gasteiger partial charge on any atom is -0.295 e. The predicted octanol–water partition coefficient (Wildman–Crippen LogP) is 2.80. The van der Waals surface area contributed by atoms with Crippen molar-refractivity contribution in [1.29, 1.82) is 0 Å². The van der Waals surface area contributed by atoms with Gasteiger partial charge in [-0.2, -0.15) is 5.10 Å². The Morgan fingerprint density at radius 1 is 1.37 bits per heavy atom. The number of hydrogen-bond acceptors (Lipinski definition) is 3. The Morgan fingerprint density at radius 2 is 2.11 bits per heavy atom. The Kier molecular flexibility index (Phi) is 4.02. The average molecular weight is 297 g/mol. The van der Waals surface area contributed by atoms with Crippen molar-refractivity contribution in [3.05, 3.63) is 62.0 Å². The van der Waals surface area contributed by atoms with Crippen LogP contribution in [0.1, 0.15) is 22.8 Å². The zero-order chi connectivity index (χ0) is 14.0. The van der Waals surface area contributed by atoms with Crippen molar-refractivity contribution in [3.63, 3.8) is 0 Å². The molecule has 2 aromatic rings. The maximum atomic E-state index is 11.8. The summed E-state index contributed by atoms with van der Waals surface area (Å²) in [5.41, 5.74) is 0.925. The minimum absolute atomic E-state index is 0.0312. The van der Waals surface area contributed by atoms with E-state index in [2.05, 4.69) is 5.10 Å². The van der Waals surface area contributed by atoms with Crippen LogP contribution in [0, 0.1) is 0 Å². The average Bonchev–Trinajstić information content (AvgIpc) is 2.40. The van der Waals surface area contributed by atoms with Gasteiger partial charge in [-0.15, -0.1) is 0 Å². The van der Waals surface area contributed by atoms with Crippen molar-refractivity contribution in [3.8, 4) is 0 Å². The molecule has 0 aliphatic carbocycles. The highest BCUT2D eigenvalue weighted by Gasteiger charge is 2.08. The molecule has 0 radical (unpaired) electrons. The first kappa shape index (κ1) is 13.8. The molecule has 0 aliphatic rings. The first-order chi connectivity index (χ1) is 8.99. The highest BCUT2D eigenvalue weighted by molar-refractivity contribution is 6.41. The molecule has 0 amide bonds. The van der Waals surface area contributed by atoms with Gasteiger partial charge in [0.2, 0.25) is 0 Å². The van der Waals surface area contributed by atoms with E-state index >= 15 is 0 Å². The van der Waals surface area contributed by atoms with Crippen LogP contribution in [-0.2, 0) is 6.54 Å². The van der Waals surface area contributed by atoms with Gasteiger partial charge < -0.3 is 0 Å². The van der Waals surface area contributed by atoms with Crippen LogP contribution in [0.25, 0.3) is 0 Å². The molecule has 0 fully saturated rings. The third-order valence-electron chi connectivity index (χ3n) is 2.61. The Balaban J connectivity index is 2.37. The van der Waals surface area contributed by atoms with Crippen molar-refractivity contribution in [2.75, 3.05) is 0 Å². The molecule has 1 aromatic carbocycles. The molecule has 1 heterocycles. The van der Waals surface area contributed by atoms with E-state index in [1.165, 1.54) is 17.8 Å². The first-order valence-corrected chi connectivity index (χ1v) is 6.25. The molecule has 0 saturated carbocycles. The standard InChI is InChI=1S/C13H10Cl2N2O2/c1-8(18)10-4-2-3-9(5-10)7-17-13(19)12(15)11(14)6-16-17/h2-6H,7H2,1H3. The second kappa shape index (κ2) is 5.55. The number of ketones is 1. The Morgan fingerprint density at radius 3 is 2.79 bits per heavy atom.